The first-order chi connectivity index (χ1) is 13.2. The summed E-state index contributed by atoms with van der Waals surface area (Å²) in [6.45, 7) is 2.77. The van der Waals surface area contributed by atoms with Crippen molar-refractivity contribution in [2.45, 2.75) is 26.1 Å². The number of anilines is 1. The van der Waals surface area contributed by atoms with Gasteiger partial charge in [0, 0.05) is 18.4 Å². The van der Waals surface area contributed by atoms with Gasteiger partial charge in [0.2, 0.25) is 0 Å². The van der Waals surface area contributed by atoms with Gasteiger partial charge in [0.25, 0.3) is 11.8 Å². The summed E-state index contributed by atoms with van der Waals surface area (Å²) in [5.41, 5.74) is 5.26. The fraction of sp³-hybridized carbons (Fsp3) is 0.375. The van der Waals surface area contributed by atoms with E-state index in [0.717, 1.165) is 19.2 Å². The van der Waals surface area contributed by atoms with E-state index in [2.05, 4.69) is 30.5 Å². The molecule has 8 nitrogen and oxygen atoms in total. The number of nitrogens with one attached hydrogen (secondary N) is 2. The first-order valence-electron chi connectivity index (χ1n) is 8.04. The number of hydrazine groups is 1. The lowest BCUT2D eigenvalue weighted by Gasteiger charge is -2.17. The number of carbonyl (C=O) groups excluding carboxylic acids is 1. The maximum Gasteiger partial charge on any atom is 0.425 e. The van der Waals surface area contributed by atoms with Crippen LogP contribution in [0.5, 0.6) is 5.88 Å². The van der Waals surface area contributed by atoms with E-state index in [1.165, 1.54) is 12.4 Å². The lowest BCUT2D eigenvalue weighted by Crippen LogP contribution is -2.33. The summed E-state index contributed by atoms with van der Waals surface area (Å²) >= 11 is 0. The Kier molecular flexibility index (Phi) is 7.04. The molecule has 0 aliphatic carbocycles. The molecule has 152 valence electrons. The number of alkyl halides is 3. The first kappa shape index (κ1) is 21.3. The van der Waals surface area contributed by atoms with Gasteiger partial charge >= 0.3 is 6.18 Å². The van der Waals surface area contributed by atoms with Gasteiger partial charge in [-0.2, -0.15) is 13.2 Å². The van der Waals surface area contributed by atoms with Crippen LogP contribution in [0.25, 0.3) is 11.3 Å². The van der Waals surface area contributed by atoms with Crippen LogP contribution in [0.1, 0.15) is 13.8 Å². The molecule has 2 N–H and O–H groups in total. The van der Waals surface area contributed by atoms with E-state index in [-0.39, 0.29) is 23.7 Å². The number of pyridine rings is 1. The van der Waals surface area contributed by atoms with Crippen molar-refractivity contribution < 1.29 is 31.8 Å². The molecule has 0 saturated carbocycles. The lowest BCUT2D eigenvalue weighted by molar-refractivity contribution is -0.190. The van der Waals surface area contributed by atoms with Crippen molar-refractivity contribution >= 4 is 11.7 Å². The summed E-state index contributed by atoms with van der Waals surface area (Å²) in [4.78, 5) is 23.0. The molecule has 0 unspecified atom stereocenters. The molecule has 0 bridgehead atoms. The third-order valence-corrected chi connectivity index (χ3v) is 3.27. The zero-order chi connectivity index (χ0) is 20.7. The summed E-state index contributed by atoms with van der Waals surface area (Å²) < 4.78 is 60.9. The highest BCUT2D eigenvalue weighted by atomic mass is 19.4. The minimum absolute atomic E-state index is 0.124. The van der Waals surface area contributed by atoms with Crippen LogP contribution >= 0.6 is 0 Å². The van der Waals surface area contributed by atoms with Gasteiger partial charge in [-0.05, 0) is 19.9 Å². The maximum absolute atomic E-state index is 14.0. The minimum atomic E-state index is -4.64. The topological polar surface area (TPSA) is 98.3 Å². The predicted molar refractivity (Wildman–Crippen MR) is 89.6 cm³/mol. The fourth-order valence-corrected chi connectivity index (χ4v) is 1.79. The second kappa shape index (κ2) is 9.26. The van der Waals surface area contributed by atoms with Gasteiger partial charge in [0.15, 0.2) is 17.7 Å². The Morgan fingerprint density at radius 2 is 1.96 bits per heavy atom. The highest BCUT2D eigenvalue weighted by Gasteiger charge is 2.38. The first-order valence-corrected chi connectivity index (χ1v) is 8.04. The van der Waals surface area contributed by atoms with Crippen LogP contribution in [0.2, 0.25) is 0 Å². The van der Waals surface area contributed by atoms with E-state index >= 15 is 0 Å². The number of hydrogen-bond donors (Lipinski definition) is 2. The van der Waals surface area contributed by atoms with E-state index in [1.807, 2.05) is 0 Å². The summed E-state index contributed by atoms with van der Waals surface area (Å²) in [7, 11) is 0. The van der Waals surface area contributed by atoms with Crippen LogP contribution in [0.3, 0.4) is 0 Å². The van der Waals surface area contributed by atoms with Crippen molar-refractivity contribution in [2.75, 3.05) is 18.6 Å². The Morgan fingerprint density at radius 3 is 2.54 bits per heavy atom. The number of ether oxygens (including phenoxy) is 2. The van der Waals surface area contributed by atoms with E-state index in [0.29, 0.717) is 6.61 Å². The number of aromatic nitrogens is 3. The van der Waals surface area contributed by atoms with Gasteiger partial charge in [-0.3, -0.25) is 20.6 Å². The molecular weight excluding hydrogens is 386 g/mol. The number of amides is 1. The van der Waals surface area contributed by atoms with Crippen LogP contribution in [0, 0.1) is 5.82 Å². The second-order valence-corrected chi connectivity index (χ2v) is 5.41. The highest BCUT2D eigenvalue weighted by molar-refractivity contribution is 5.78. The molecule has 2 aromatic heterocycles. The monoisotopic (exact) mass is 403 g/mol. The molecule has 12 heteroatoms. The average Bonchev–Trinajstić information content (AvgIpc) is 2.65. The van der Waals surface area contributed by atoms with E-state index in [9.17, 15) is 22.4 Å². The molecule has 2 heterocycles. The standard InChI is InChI=1S/C16H17F4N5O3/c1-3-27-8-14(26)25-24-13-7-21-12(6-22-13)10-4-11(17)15(23-5-10)28-9(2)16(18,19)20/h4-7,9H,3,8H2,1-2H3,(H,22,24)(H,25,26)/t9-/m0/s1. The zero-order valence-electron chi connectivity index (χ0n) is 14.9. The van der Waals surface area contributed by atoms with Gasteiger partial charge in [0.1, 0.15) is 6.61 Å². The summed E-state index contributed by atoms with van der Waals surface area (Å²) in [6.07, 6.45) is -3.19. The van der Waals surface area contributed by atoms with Gasteiger partial charge in [-0.15, -0.1) is 0 Å². The van der Waals surface area contributed by atoms with Gasteiger partial charge < -0.3 is 9.47 Å². The molecule has 0 saturated heterocycles. The molecule has 0 aliphatic heterocycles. The SMILES string of the molecule is CCOCC(=O)NNc1cnc(-c2cnc(O[C@@H](C)C(F)(F)F)c(F)c2)cn1. The molecule has 0 fully saturated rings. The van der Waals surface area contributed by atoms with Crippen molar-refractivity contribution in [2.24, 2.45) is 0 Å². The summed E-state index contributed by atoms with van der Waals surface area (Å²) in [5, 5.41) is 0. The predicted octanol–water partition coefficient (Wildman–Crippen LogP) is 2.49. The Balaban J connectivity index is 2.01. The van der Waals surface area contributed by atoms with Crippen molar-refractivity contribution in [3.05, 3.63) is 30.5 Å². The molecule has 0 aromatic carbocycles. The van der Waals surface area contributed by atoms with Crippen molar-refractivity contribution in [1.29, 1.82) is 0 Å². The average molecular weight is 403 g/mol. The number of rotatable bonds is 8. The lowest BCUT2D eigenvalue weighted by atomic mass is 10.2. The largest absolute Gasteiger partial charge is 0.463 e. The van der Waals surface area contributed by atoms with Gasteiger partial charge in [-0.25, -0.2) is 14.4 Å². The Labute approximate surface area is 157 Å². The fourth-order valence-electron chi connectivity index (χ4n) is 1.79. The van der Waals surface area contributed by atoms with E-state index < -0.39 is 29.9 Å². The van der Waals surface area contributed by atoms with Gasteiger partial charge in [-0.1, -0.05) is 0 Å². The quantitative estimate of drug-likeness (QED) is 0.516. The molecule has 1 atom stereocenters. The number of carbonyl (C=O) groups is 1. The minimum Gasteiger partial charge on any atom is -0.463 e. The number of hydrogen-bond acceptors (Lipinski definition) is 7. The van der Waals surface area contributed by atoms with Crippen LogP contribution in [-0.2, 0) is 9.53 Å². The van der Waals surface area contributed by atoms with E-state index in [1.54, 1.807) is 6.92 Å². The molecule has 28 heavy (non-hydrogen) atoms. The summed E-state index contributed by atoms with van der Waals surface area (Å²) in [5.74, 6) is -2.04. The van der Waals surface area contributed by atoms with Crippen molar-refractivity contribution in [3.63, 3.8) is 0 Å². The van der Waals surface area contributed by atoms with Crippen LogP contribution in [0.4, 0.5) is 23.4 Å². The third kappa shape index (κ3) is 6.01. The van der Waals surface area contributed by atoms with Crippen LogP contribution < -0.4 is 15.6 Å². The number of nitrogens with zero attached hydrogens (tertiary/aromatic N) is 3. The smallest absolute Gasteiger partial charge is 0.425 e. The normalized spacial score (nSPS) is 12.4. The third-order valence-electron chi connectivity index (χ3n) is 3.27. The molecule has 1 amide bonds. The molecular formula is C16H17F4N5O3. The van der Waals surface area contributed by atoms with E-state index in [4.69, 9.17) is 4.74 Å². The number of halogens is 4. The summed E-state index contributed by atoms with van der Waals surface area (Å²) in [6, 6.07) is 0.937. The van der Waals surface area contributed by atoms with Crippen LogP contribution in [-0.4, -0.2) is 46.4 Å². The Hall–Kier alpha value is -3.02. The molecule has 0 spiro atoms. The molecule has 0 radical (unpaired) electrons. The molecule has 0 aliphatic rings. The van der Waals surface area contributed by atoms with Crippen molar-refractivity contribution in [1.82, 2.24) is 20.4 Å². The van der Waals surface area contributed by atoms with Crippen molar-refractivity contribution in [3.8, 4) is 17.1 Å². The highest BCUT2D eigenvalue weighted by Crippen LogP contribution is 2.27. The molecule has 2 rings (SSSR count). The van der Waals surface area contributed by atoms with Crippen LogP contribution in [0.15, 0.2) is 24.7 Å². The Morgan fingerprint density at radius 1 is 1.21 bits per heavy atom. The Bertz CT molecular complexity index is 802. The van der Waals surface area contributed by atoms with Gasteiger partial charge in [0.05, 0.1) is 18.1 Å². The zero-order valence-corrected chi connectivity index (χ0v) is 14.9. The molecule has 2 aromatic rings. The second-order valence-electron chi connectivity index (χ2n) is 5.41. The maximum atomic E-state index is 14.0.